The Morgan fingerprint density at radius 2 is 2.00 bits per heavy atom. The Morgan fingerprint density at radius 3 is 2.71 bits per heavy atom. The third-order valence-electron chi connectivity index (χ3n) is 2.99. The molecule has 1 amide bonds. The number of nitrogens with zero attached hydrogens (tertiary/aromatic N) is 1. The Hall–Kier alpha value is -2.47. The minimum Gasteiger partial charge on any atom is -0.389 e. The van der Waals surface area contributed by atoms with Gasteiger partial charge >= 0.3 is 0 Å². The average molecular weight is 301 g/mol. The number of aryl methyl sites for hydroxylation is 1. The maximum atomic E-state index is 12.1. The summed E-state index contributed by atoms with van der Waals surface area (Å²) in [6.45, 7) is 1.64. The highest BCUT2D eigenvalue weighted by atomic mass is 32.1. The number of nitrogens with two attached hydrogens (primary N) is 1. The van der Waals surface area contributed by atoms with Gasteiger partial charge in [0.05, 0.1) is 5.69 Å². The summed E-state index contributed by atoms with van der Waals surface area (Å²) in [5, 5.41) is 2.72. The van der Waals surface area contributed by atoms with Gasteiger partial charge in [0.2, 0.25) is 5.91 Å². The van der Waals surface area contributed by atoms with Crippen LogP contribution < -0.4 is 16.6 Å². The van der Waals surface area contributed by atoms with Gasteiger partial charge in [0.15, 0.2) is 0 Å². The molecule has 0 unspecified atom stereocenters. The van der Waals surface area contributed by atoms with Gasteiger partial charge in [-0.2, -0.15) is 0 Å². The van der Waals surface area contributed by atoms with Crippen molar-refractivity contribution in [2.24, 2.45) is 5.73 Å². The molecule has 0 aliphatic rings. The molecule has 1 heterocycles. The predicted molar refractivity (Wildman–Crippen MR) is 86.4 cm³/mol. The van der Waals surface area contributed by atoms with Gasteiger partial charge in [-0.05, 0) is 25.1 Å². The molecule has 0 bridgehead atoms. The van der Waals surface area contributed by atoms with Gasteiger partial charge in [-0.1, -0.05) is 30.4 Å². The number of nitrogens with one attached hydrogen (secondary N) is 1. The molecule has 0 fully saturated rings. The predicted octanol–water partition coefficient (Wildman–Crippen LogP) is 1.43. The highest BCUT2D eigenvalue weighted by molar-refractivity contribution is 7.80. The Balaban J connectivity index is 2.18. The maximum Gasteiger partial charge on any atom is 0.253 e. The van der Waals surface area contributed by atoms with Gasteiger partial charge in [-0.25, -0.2) is 0 Å². The van der Waals surface area contributed by atoms with Gasteiger partial charge in [0.1, 0.15) is 11.5 Å². The number of benzene rings is 1. The normalized spacial score (nSPS) is 10.1. The van der Waals surface area contributed by atoms with Crippen LogP contribution in [0.3, 0.4) is 0 Å². The molecule has 21 heavy (non-hydrogen) atoms. The lowest BCUT2D eigenvalue weighted by atomic mass is 10.2. The van der Waals surface area contributed by atoms with E-state index in [0.717, 1.165) is 0 Å². The van der Waals surface area contributed by atoms with Crippen molar-refractivity contribution in [2.75, 3.05) is 5.32 Å². The molecule has 6 heteroatoms. The van der Waals surface area contributed by atoms with Crippen molar-refractivity contribution in [3.63, 3.8) is 0 Å². The quantitative estimate of drug-likeness (QED) is 0.838. The fraction of sp³-hybridized carbons (Fsp3) is 0.133. The molecule has 0 spiro atoms. The van der Waals surface area contributed by atoms with Gasteiger partial charge in [0.25, 0.3) is 5.56 Å². The van der Waals surface area contributed by atoms with E-state index in [1.807, 2.05) is 0 Å². The SMILES string of the molecule is Cc1cccn(CC(=O)Nc2ccccc2C(N)=S)c1=O. The Morgan fingerprint density at radius 1 is 1.29 bits per heavy atom. The van der Waals surface area contributed by atoms with Crippen LogP contribution in [0.2, 0.25) is 0 Å². The Bertz CT molecular complexity index is 753. The third kappa shape index (κ3) is 3.55. The standard InChI is InChI=1S/C15H15N3O2S/c1-10-5-4-8-18(15(10)20)9-13(19)17-12-7-3-2-6-11(12)14(16)21/h2-8H,9H2,1H3,(H2,16,21)(H,17,19). The number of pyridine rings is 1. The molecule has 0 radical (unpaired) electrons. The van der Waals surface area contributed by atoms with Crippen LogP contribution in [0.4, 0.5) is 5.69 Å². The van der Waals surface area contributed by atoms with Crippen LogP contribution >= 0.6 is 12.2 Å². The summed E-state index contributed by atoms with van der Waals surface area (Å²) in [5.41, 5.74) is 7.15. The van der Waals surface area contributed by atoms with Crippen LogP contribution in [0.1, 0.15) is 11.1 Å². The van der Waals surface area contributed by atoms with E-state index in [4.69, 9.17) is 18.0 Å². The first-order valence-corrected chi connectivity index (χ1v) is 6.74. The fourth-order valence-corrected chi connectivity index (χ4v) is 2.11. The van der Waals surface area contributed by atoms with E-state index in [1.165, 1.54) is 4.57 Å². The third-order valence-corrected chi connectivity index (χ3v) is 3.21. The van der Waals surface area contributed by atoms with Crippen LogP contribution in [0.15, 0.2) is 47.4 Å². The van der Waals surface area contributed by atoms with Crippen molar-refractivity contribution in [1.29, 1.82) is 0 Å². The summed E-state index contributed by atoms with van der Waals surface area (Å²) in [6, 6.07) is 10.4. The highest BCUT2D eigenvalue weighted by Gasteiger charge is 2.09. The van der Waals surface area contributed by atoms with Gasteiger partial charge < -0.3 is 15.6 Å². The van der Waals surface area contributed by atoms with Gasteiger partial charge in [-0.15, -0.1) is 0 Å². The summed E-state index contributed by atoms with van der Waals surface area (Å²) < 4.78 is 1.36. The van der Waals surface area contributed by atoms with Crippen molar-refractivity contribution >= 4 is 28.8 Å². The molecular formula is C15H15N3O2S. The first-order valence-electron chi connectivity index (χ1n) is 6.34. The van der Waals surface area contributed by atoms with E-state index in [2.05, 4.69) is 5.32 Å². The van der Waals surface area contributed by atoms with Crippen molar-refractivity contribution < 1.29 is 4.79 Å². The smallest absolute Gasteiger partial charge is 0.253 e. The van der Waals surface area contributed by atoms with Gasteiger partial charge in [0, 0.05) is 17.3 Å². The molecule has 1 aromatic heterocycles. The number of hydrogen-bond donors (Lipinski definition) is 2. The molecule has 0 atom stereocenters. The largest absolute Gasteiger partial charge is 0.389 e. The number of para-hydroxylation sites is 1. The highest BCUT2D eigenvalue weighted by Crippen LogP contribution is 2.14. The molecule has 0 aliphatic carbocycles. The fourth-order valence-electron chi connectivity index (χ4n) is 1.93. The molecule has 3 N–H and O–H groups in total. The first kappa shape index (κ1) is 14.9. The minimum absolute atomic E-state index is 0.0633. The molecule has 0 saturated carbocycles. The topological polar surface area (TPSA) is 77.1 Å². The van der Waals surface area contributed by atoms with Crippen molar-refractivity contribution in [2.45, 2.75) is 13.5 Å². The summed E-state index contributed by atoms with van der Waals surface area (Å²) >= 11 is 4.94. The Kier molecular flexibility index (Phi) is 4.49. The van der Waals surface area contributed by atoms with Crippen molar-refractivity contribution in [1.82, 2.24) is 4.57 Å². The second kappa shape index (κ2) is 6.32. The number of thiocarbonyl (C=S) groups is 1. The second-order valence-electron chi connectivity index (χ2n) is 4.58. The number of hydrogen-bond acceptors (Lipinski definition) is 3. The Labute approximate surface area is 127 Å². The summed E-state index contributed by atoms with van der Waals surface area (Å²) in [5.74, 6) is -0.314. The lowest BCUT2D eigenvalue weighted by Gasteiger charge is -2.11. The maximum absolute atomic E-state index is 12.1. The zero-order valence-corrected chi connectivity index (χ0v) is 12.3. The van der Waals surface area contributed by atoms with Crippen LogP contribution in [-0.4, -0.2) is 15.5 Å². The molecule has 1 aromatic carbocycles. The molecule has 108 valence electrons. The number of amides is 1. The van der Waals surface area contributed by atoms with Crippen LogP contribution in [0.25, 0.3) is 0 Å². The van der Waals surface area contributed by atoms with Crippen molar-refractivity contribution in [3.05, 3.63) is 64.1 Å². The average Bonchev–Trinajstić information content (AvgIpc) is 2.44. The molecule has 2 rings (SSSR count). The van der Waals surface area contributed by atoms with Crippen LogP contribution in [0, 0.1) is 6.92 Å². The summed E-state index contributed by atoms with van der Waals surface area (Å²) in [7, 11) is 0. The zero-order valence-electron chi connectivity index (χ0n) is 11.5. The lowest BCUT2D eigenvalue weighted by Crippen LogP contribution is -2.28. The number of anilines is 1. The van der Waals surface area contributed by atoms with Crippen LogP contribution in [0.5, 0.6) is 0 Å². The summed E-state index contributed by atoms with van der Waals surface area (Å²) in [4.78, 5) is 24.1. The molecule has 5 nitrogen and oxygen atoms in total. The molecule has 2 aromatic rings. The van der Waals surface area contributed by atoms with E-state index in [9.17, 15) is 9.59 Å². The number of rotatable bonds is 4. The number of aromatic nitrogens is 1. The van der Waals surface area contributed by atoms with E-state index < -0.39 is 0 Å². The molecule has 0 saturated heterocycles. The van der Waals surface area contributed by atoms with E-state index in [0.29, 0.717) is 16.8 Å². The van der Waals surface area contributed by atoms with Gasteiger partial charge in [-0.3, -0.25) is 9.59 Å². The van der Waals surface area contributed by atoms with E-state index in [-0.39, 0.29) is 23.0 Å². The monoisotopic (exact) mass is 301 g/mol. The minimum atomic E-state index is -0.314. The summed E-state index contributed by atoms with van der Waals surface area (Å²) in [6.07, 6.45) is 1.58. The van der Waals surface area contributed by atoms with E-state index >= 15 is 0 Å². The van der Waals surface area contributed by atoms with E-state index in [1.54, 1.807) is 49.5 Å². The van der Waals surface area contributed by atoms with Crippen molar-refractivity contribution in [3.8, 4) is 0 Å². The molecular weight excluding hydrogens is 286 g/mol. The van der Waals surface area contributed by atoms with Crippen LogP contribution in [-0.2, 0) is 11.3 Å². The lowest BCUT2D eigenvalue weighted by molar-refractivity contribution is -0.116. The number of carbonyl (C=O) groups is 1. The zero-order chi connectivity index (χ0) is 15.4. The first-order chi connectivity index (χ1) is 9.99. The number of carbonyl (C=O) groups excluding carboxylic acids is 1. The second-order valence-corrected chi connectivity index (χ2v) is 5.02. The molecule has 0 aliphatic heterocycles.